The number of carbonyl (C=O) groups is 1. The molecule has 1 aliphatic rings. The number of amides is 1. The molecule has 0 saturated carbocycles. The fourth-order valence-electron chi connectivity index (χ4n) is 2.48. The molecule has 1 fully saturated rings. The van der Waals surface area contributed by atoms with Crippen LogP contribution in [0.3, 0.4) is 0 Å². The Bertz CT molecular complexity index is 517. The monoisotopic (exact) mass is 373 g/mol. The predicted molar refractivity (Wildman–Crippen MR) is 87.2 cm³/mol. The van der Waals surface area contributed by atoms with E-state index < -0.39 is 5.60 Å². The minimum atomic E-state index is -0.455. The number of ether oxygens (including phenoxy) is 2. The molecule has 2 rings (SSSR count). The van der Waals surface area contributed by atoms with Crippen molar-refractivity contribution in [2.75, 3.05) is 19.7 Å². The van der Waals surface area contributed by atoms with Crippen LogP contribution < -0.4 is 4.74 Å². The van der Waals surface area contributed by atoms with E-state index in [1.165, 1.54) is 0 Å². The summed E-state index contributed by atoms with van der Waals surface area (Å²) in [6.45, 7) is 9.54. The first-order valence-electron chi connectivity index (χ1n) is 7.65. The first-order chi connectivity index (χ1) is 10.3. The van der Waals surface area contributed by atoms with Crippen LogP contribution in [0.25, 0.3) is 0 Å². The Morgan fingerprint density at radius 1 is 1.41 bits per heavy atom. The Hall–Kier alpha value is -1.24. The van der Waals surface area contributed by atoms with Crippen LogP contribution in [0.5, 0.6) is 5.88 Å². The van der Waals surface area contributed by atoms with Crippen molar-refractivity contribution < 1.29 is 14.3 Å². The molecule has 0 N–H and O–H groups in total. The molecule has 6 nitrogen and oxygen atoms in total. The molecule has 1 aliphatic heterocycles. The molecule has 0 unspecified atom stereocenters. The van der Waals surface area contributed by atoms with Crippen molar-refractivity contribution in [2.45, 2.75) is 52.2 Å². The number of hydrogen-bond donors (Lipinski definition) is 0. The molecule has 0 aromatic carbocycles. The smallest absolute Gasteiger partial charge is 0.410 e. The third-order valence-electron chi connectivity index (χ3n) is 3.45. The summed E-state index contributed by atoms with van der Waals surface area (Å²) in [5, 5.41) is 4.40. The minimum Gasteiger partial charge on any atom is -0.477 e. The molecule has 1 aromatic rings. The third kappa shape index (κ3) is 4.15. The van der Waals surface area contributed by atoms with E-state index in [-0.39, 0.29) is 12.1 Å². The highest BCUT2D eigenvalue weighted by atomic mass is 79.9. The fourth-order valence-corrected chi connectivity index (χ4v) is 2.87. The summed E-state index contributed by atoms with van der Waals surface area (Å²) in [7, 11) is 0. The summed E-state index contributed by atoms with van der Waals surface area (Å²) < 4.78 is 13.8. The van der Waals surface area contributed by atoms with Gasteiger partial charge in [0.15, 0.2) is 0 Å². The van der Waals surface area contributed by atoms with Gasteiger partial charge in [-0.25, -0.2) is 9.48 Å². The highest BCUT2D eigenvalue weighted by molar-refractivity contribution is 9.10. The zero-order valence-corrected chi connectivity index (χ0v) is 15.2. The summed E-state index contributed by atoms with van der Waals surface area (Å²) in [4.78, 5) is 13.8. The van der Waals surface area contributed by atoms with Gasteiger partial charge in [-0.3, -0.25) is 0 Å². The van der Waals surface area contributed by atoms with Gasteiger partial charge in [0.25, 0.3) is 0 Å². The van der Waals surface area contributed by atoms with Crippen molar-refractivity contribution in [2.24, 2.45) is 0 Å². The number of rotatable bonds is 3. The molecular weight excluding hydrogens is 350 g/mol. The number of piperidine rings is 1. The average molecular weight is 374 g/mol. The molecule has 1 saturated heterocycles. The molecule has 0 bridgehead atoms. The molecule has 1 aromatic heterocycles. The van der Waals surface area contributed by atoms with E-state index in [4.69, 9.17) is 9.47 Å². The second kappa shape index (κ2) is 6.89. The van der Waals surface area contributed by atoms with Gasteiger partial charge in [-0.2, -0.15) is 5.10 Å². The maximum atomic E-state index is 12.1. The Labute approximate surface area is 139 Å². The normalized spacial score (nSPS) is 16.7. The molecule has 1 amide bonds. The van der Waals surface area contributed by atoms with E-state index >= 15 is 0 Å². The summed E-state index contributed by atoms with van der Waals surface area (Å²) >= 11 is 3.46. The molecule has 0 radical (unpaired) electrons. The largest absolute Gasteiger partial charge is 0.477 e. The van der Waals surface area contributed by atoms with Crippen LogP contribution in [0.15, 0.2) is 10.7 Å². The van der Waals surface area contributed by atoms with Crippen molar-refractivity contribution in [3.63, 3.8) is 0 Å². The molecular formula is C15H24BrN3O3. The van der Waals surface area contributed by atoms with Crippen molar-refractivity contribution in [3.05, 3.63) is 10.7 Å². The predicted octanol–water partition coefficient (Wildman–Crippen LogP) is 3.62. The minimum absolute atomic E-state index is 0.238. The highest BCUT2D eigenvalue weighted by Crippen LogP contribution is 2.32. The topological polar surface area (TPSA) is 56.6 Å². The van der Waals surface area contributed by atoms with E-state index in [1.807, 2.05) is 32.4 Å². The zero-order valence-electron chi connectivity index (χ0n) is 13.6. The summed E-state index contributed by atoms with van der Waals surface area (Å²) in [6.07, 6.45) is 3.20. The standard InChI is InChI=1S/C15H24BrN3O3/c1-5-21-13-12(16)10-17-19(13)11-6-8-18(9-7-11)14(20)22-15(2,3)4/h10-11H,5-9H2,1-4H3. The van der Waals surface area contributed by atoms with Crippen LogP contribution in [-0.4, -0.2) is 46.1 Å². The van der Waals surface area contributed by atoms with E-state index in [1.54, 1.807) is 11.1 Å². The summed E-state index contributed by atoms with van der Waals surface area (Å²) in [6, 6.07) is 0.242. The van der Waals surface area contributed by atoms with Crippen molar-refractivity contribution in [1.29, 1.82) is 0 Å². The van der Waals surface area contributed by atoms with Gasteiger partial charge >= 0.3 is 6.09 Å². The Morgan fingerprint density at radius 2 is 2.05 bits per heavy atom. The van der Waals surface area contributed by atoms with Crippen molar-refractivity contribution in [1.82, 2.24) is 14.7 Å². The second-order valence-electron chi connectivity index (χ2n) is 6.37. The number of aromatic nitrogens is 2. The number of carbonyl (C=O) groups excluding carboxylic acids is 1. The van der Waals surface area contributed by atoms with E-state index in [0.29, 0.717) is 19.7 Å². The lowest BCUT2D eigenvalue weighted by Gasteiger charge is -2.33. The quantitative estimate of drug-likeness (QED) is 0.811. The van der Waals surface area contributed by atoms with Gasteiger partial charge < -0.3 is 14.4 Å². The fraction of sp³-hybridized carbons (Fsp3) is 0.733. The van der Waals surface area contributed by atoms with E-state index in [9.17, 15) is 4.79 Å². The van der Waals surface area contributed by atoms with Crippen molar-refractivity contribution in [3.8, 4) is 5.88 Å². The van der Waals surface area contributed by atoms with Gasteiger partial charge in [0.05, 0.1) is 23.3 Å². The SMILES string of the molecule is CCOc1c(Br)cnn1C1CCN(C(=O)OC(C)(C)C)CC1. The highest BCUT2D eigenvalue weighted by Gasteiger charge is 2.29. The molecule has 7 heteroatoms. The summed E-state index contributed by atoms with van der Waals surface area (Å²) in [5.41, 5.74) is -0.455. The van der Waals surface area contributed by atoms with Crippen LogP contribution in [-0.2, 0) is 4.74 Å². The van der Waals surface area contributed by atoms with E-state index in [2.05, 4.69) is 21.0 Å². The lowest BCUT2D eigenvalue weighted by atomic mass is 10.1. The first-order valence-corrected chi connectivity index (χ1v) is 8.45. The summed E-state index contributed by atoms with van der Waals surface area (Å²) in [5.74, 6) is 0.762. The van der Waals surface area contributed by atoms with Gasteiger partial charge in [-0.15, -0.1) is 0 Å². The molecule has 22 heavy (non-hydrogen) atoms. The number of nitrogens with zero attached hydrogens (tertiary/aromatic N) is 3. The zero-order chi connectivity index (χ0) is 16.3. The third-order valence-corrected chi connectivity index (χ3v) is 3.99. The molecule has 124 valence electrons. The Balaban J connectivity index is 1.96. The number of halogens is 1. The maximum Gasteiger partial charge on any atom is 0.410 e. The Kier molecular flexibility index (Phi) is 5.36. The van der Waals surface area contributed by atoms with Crippen LogP contribution in [0.1, 0.15) is 46.6 Å². The average Bonchev–Trinajstić information content (AvgIpc) is 2.79. The lowest BCUT2D eigenvalue weighted by Crippen LogP contribution is -2.42. The van der Waals surface area contributed by atoms with Gasteiger partial charge in [-0.05, 0) is 56.5 Å². The first kappa shape index (κ1) is 17.1. The van der Waals surface area contributed by atoms with Crippen LogP contribution in [0.4, 0.5) is 4.79 Å². The molecule has 0 spiro atoms. The lowest BCUT2D eigenvalue weighted by molar-refractivity contribution is 0.0182. The van der Waals surface area contributed by atoms with Gasteiger partial charge in [0, 0.05) is 13.1 Å². The van der Waals surface area contributed by atoms with Crippen LogP contribution >= 0.6 is 15.9 Å². The molecule has 2 heterocycles. The molecule has 0 aliphatic carbocycles. The van der Waals surface area contributed by atoms with Gasteiger partial charge in [0.1, 0.15) is 5.60 Å². The maximum absolute atomic E-state index is 12.1. The van der Waals surface area contributed by atoms with Crippen LogP contribution in [0, 0.1) is 0 Å². The van der Waals surface area contributed by atoms with Gasteiger partial charge in [0.2, 0.25) is 5.88 Å². The second-order valence-corrected chi connectivity index (χ2v) is 7.23. The number of likely N-dealkylation sites (tertiary alicyclic amines) is 1. The molecule has 0 atom stereocenters. The van der Waals surface area contributed by atoms with Crippen molar-refractivity contribution >= 4 is 22.0 Å². The number of hydrogen-bond acceptors (Lipinski definition) is 4. The van der Waals surface area contributed by atoms with E-state index in [0.717, 1.165) is 23.2 Å². The Morgan fingerprint density at radius 3 is 2.59 bits per heavy atom. The van der Waals surface area contributed by atoms with Crippen LogP contribution in [0.2, 0.25) is 0 Å². The van der Waals surface area contributed by atoms with Gasteiger partial charge in [-0.1, -0.05) is 0 Å².